The Morgan fingerprint density at radius 3 is 2.20 bits per heavy atom. The number of nitrogens with zero attached hydrogens (tertiary/aromatic N) is 1. The van der Waals surface area contributed by atoms with Gasteiger partial charge in [-0.15, -0.1) is 0 Å². The van der Waals surface area contributed by atoms with E-state index in [4.69, 9.17) is 23.2 Å². The molecule has 1 aromatic heterocycles. The van der Waals surface area contributed by atoms with Gasteiger partial charge in [0, 0.05) is 0 Å². The molecule has 0 spiro atoms. The van der Waals surface area contributed by atoms with Crippen LogP contribution in [0.25, 0.3) is 0 Å². The Bertz CT molecular complexity index is 439. The molecule has 0 saturated carbocycles. The van der Waals surface area contributed by atoms with Gasteiger partial charge in [0.05, 0.1) is 10.1 Å². The molecule has 6 heteroatoms. The van der Waals surface area contributed by atoms with Crippen LogP contribution in [0.5, 0.6) is 0 Å². The van der Waals surface area contributed by atoms with Gasteiger partial charge in [0.2, 0.25) is 0 Å². The first-order chi connectivity index (χ1) is 6.87. The number of aromatic nitrogens is 1. The predicted molar refractivity (Wildman–Crippen MR) is 61.2 cm³/mol. The van der Waals surface area contributed by atoms with Gasteiger partial charge in [-0.2, -0.15) is 0 Å². The molecule has 0 bridgehead atoms. The first kappa shape index (κ1) is 12.7. The fourth-order valence-corrected chi connectivity index (χ4v) is 3.10. The average Bonchev–Trinajstić information content (AvgIpc) is 2.15. The third kappa shape index (κ3) is 2.83. The summed E-state index contributed by atoms with van der Waals surface area (Å²) in [6, 6.07) is 2.63. The van der Waals surface area contributed by atoms with Crippen molar-refractivity contribution in [2.45, 2.75) is 30.4 Å². The largest absolute Gasteiger partial charge is 0.224 e. The Labute approximate surface area is 99.3 Å². The van der Waals surface area contributed by atoms with Crippen LogP contribution in [0, 0.1) is 0 Å². The molecule has 0 aliphatic heterocycles. The number of sulfone groups is 1. The summed E-state index contributed by atoms with van der Waals surface area (Å²) in [5, 5.41) is -0.277. The second-order valence-electron chi connectivity index (χ2n) is 3.21. The summed E-state index contributed by atoms with van der Waals surface area (Å²) >= 11 is 11.3. The molecule has 0 aliphatic carbocycles. The van der Waals surface area contributed by atoms with Crippen LogP contribution in [-0.2, 0) is 9.84 Å². The van der Waals surface area contributed by atoms with E-state index in [9.17, 15) is 8.42 Å². The lowest BCUT2D eigenvalue weighted by atomic mass is 10.4. The van der Waals surface area contributed by atoms with Gasteiger partial charge in [-0.25, -0.2) is 13.4 Å². The number of hydrogen-bond acceptors (Lipinski definition) is 3. The molecule has 15 heavy (non-hydrogen) atoms. The van der Waals surface area contributed by atoms with Gasteiger partial charge in [0.25, 0.3) is 0 Å². The molecule has 0 radical (unpaired) electrons. The van der Waals surface area contributed by atoms with Gasteiger partial charge in [0.15, 0.2) is 9.84 Å². The molecule has 0 aromatic carbocycles. The Morgan fingerprint density at radius 1 is 1.33 bits per heavy atom. The maximum absolute atomic E-state index is 11.9. The topological polar surface area (TPSA) is 47.0 Å². The van der Waals surface area contributed by atoms with Crippen LogP contribution in [0.15, 0.2) is 17.0 Å². The Balaban J connectivity index is 3.27. The molecule has 1 aromatic rings. The van der Waals surface area contributed by atoms with E-state index < -0.39 is 15.1 Å². The van der Waals surface area contributed by atoms with Gasteiger partial charge in [-0.3, -0.25) is 0 Å². The summed E-state index contributed by atoms with van der Waals surface area (Å²) in [4.78, 5) is 3.83. The van der Waals surface area contributed by atoms with Crippen molar-refractivity contribution in [2.24, 2.45) is 0 Å². The molecule has 0 saturated heterocycles. The van der Waals surface area contributed by atoms with E-state index in [1.54, 1.807) is 6.92 Å². The predicted octanol–water partition coefficient (Wildman–Crippen LogP) is 2.96. The molecular formula is C9H11Cl2NO2S. The summed E-state index contributed by atoms with van der Waals surface area (Å²) in [5.74, 6) is 0. The van der Waals surface area contributed by atoms with E-state index in [-0.39, 0.29) is 15.2 Å². The van der Waals surface area contributed by atoms with Crippen LogP contribution >= 0.6 is 23.2 Å². The van der Waals surface area contributed by atoms with Crippen LogP contribution in [0.4, 0.5) is 0 Å². The van der Waals surface area contributed by atoms with Crippen molar-refractivity contribution in [3.8, 4) is 0 Å². The normalized spacial score (nSPS) is 13.9. The second-order valence-corrected chi connectivity index (χ2v) is 6.35. The van der Waals surface area contributed by atoms with Crippen LogP contribution in [0.2, 0.25) is 10.3 Å². The van der Waals surface area contributed by atoms with Gasteiger partial charge >= 0.3 is 0 Å². The fourth-order valence-electron chi connectivity index (χ4n) is 1.06. The summed E-state index contributed by atoms with van der Waals surface area (Å²) in [7, 11) is -3.34. The van der Waals surface area contributed by atoms with Gasteiger partial charge in [-0.1, -0.05) is 30.1 Å². The number of hydrogen-bond donors (Lipinski definition) is 0. The minimum absolute atomic E-state index is 0.0874. The highest BCUT2D eigenvalue weighted by atomic mass is 35.5. The lowest BCUT2D eigenvalue weighted by molar-refractivity contribution is 0.581. The number of halogens is 2. The SMILES string of the molecule is CC[C@@H](C)S(=O)(=O)c1cc(Cl)nc(Cl)c1. The molecule has 0 fully saturated rings. The maximum Gasteiger partial charge on any atom is 0.181 e. The zero-order valence-corrected chi connectivity index (χ0v) is 10.7. The standard InChI is InChI=1S/C9H11Cl2NO2S/c1-3-6(2)15(13,14)7-4-8(10)12-9(11)5-7/h4-6H,3H2,1-2H3/t6-/m1/s1. The molecular weight excluding hydrogens is 257 g/mol. The van der Waals surface area contributed by atoms with Crippen molar-refractivity contribution in [3.63, 3.8) is 0 Å². The highest BCUT2D eigenvalue weighted by Crippen LogP contribution is 2.23. The zero-order valence-electron chi connectivity index (χ0n) is 8.37. The maximum atomic E-state index is 11.9. The molecule has 0 unspecified atom stereocenters. The fraction of sp³-hybridized carbons (Fsp3) is 0.444. The van der Waals surface area contributed by atoms with E-state index in [1.807, 2.05) is 6.92 Å². The van der Waals surface area contributed by atoms with Gasteiger partial charge in [0.1, 0.15) is 10.3 Å². The van der Waals surface area contributed by atoms with E-state index in [2.05, 4.69) is 4.98 Å². The summed E-state index contributed by atoms with van der Waals surface area (Å²) in [6.45, 7) is 3.46. The highest BCUT2D eigenvalue weighted by Gasteiger charge is 2.22. The second kappa shape index (κ2) is 4.68. The molecule has 3 nitrogen and oxygen atoms in total. The van der Waals surface area contributed by atoms with Crippen LogP contribution < -0.4 is 0 Å². The molecule has 0 amide bonds. The van der Waals surface area contributed by atoms with E-state index >= 15 is 0 Å². The minimum atomic E-state index is -3.34. The van der Waals surface area contributed by atoms with E-state index in [0.29, 0.717) is 6.42 Å². The van der Waals surface area contributed by atoms with Crippen molar-refractivity contribution in [1.82, 2.24) is 4.98 Å². The first-order valence-corrected chi connectivity index (χ1v) is 6.75. The summed E-state index contributed by atoms with van der Waals surface area (Å²) < 4.78 is 23.8. The van der Waals surface area contributed by atoms with Crippen LogP contribution in [-0.4, -0.2) is 18.7 Å². The Morgan fingerprint density at radius 2 is 1.80 bits per heavy atom. The zero-order chi connectivity index (χ0) is 11.6. The van der Waals surface area contributed by atoms with Crippen molar-refractivity contribution in [3.05, 3.63) is 22.4 Å². The molecule has 0 N–H and O–H groups in total. The smallest absolute Gasteiger partial charge is 0.181 e. The van der Waals surface area contributed by atoms with Gasteiger partial charge < -0.3 is 0 Å². The molecule has 1 rings (SSSR count). The molecule has 1 heterocycles. The van der Waals surface area contributed by atoms with Gasteiger partial charge in [-0.05, 0) is 25.5 Å². The Hall–Kier alpha value is -0.320. The first-order valence-electron chi connectivity index (χ1n) is 4.45. The molecule has 84 valence electrons. The van der Waals surface area contributed by atoms with Crippen molar-refractivity contribution in [2.75, 3.05) is 0 Å². The third-order valence-corrected chi connectivity index (χ3v) is 4.84. The van der Waals surface area contributed by atoms with Crippen LogP contribution in [0.1, 0.15) is 20.3 Å². The van der Waals surface area contributed by atoms with E-state index in [0.717, 1.165) is 0 Å². The van der Waals surface area contributed by atoms with Crippen molar-refractivity contribution < 1.29 is 8.42 Å². The van der Waals surface area contributed by atoms with Crippen molar-refractivity contribution >= 4 is 33.0 Å². The van der Waals surface area contributed by atoms with Crippen LogP contribution in [0.3, 0.4) is 0 Å². The van der Waals surface area contributed by atoms with E-state index in [1.165, 1.54) is 12.1 Å². The highest BCUT2D eigenvalue weighted by molar-refractivity contribution is 7.92. The third-order valence-electron chi connectivity index (χ3n) is 2.17. The lowest BCUT2D eigenvalue weighted by Crippen LogP contribution is -2.17. The minimum Gasteiger partial charge on any atom is -0.224 e. The summed E-state index contributed by atoms with van der Waals surface area (Å²) in [5.41, 5.74) is 0. The number of pyridine rings is 1. The monoisotopic (exact) mass is 267 g/mol. The Kier molecular flexibility index (Phi) is 3.98. The quantitative estimate of drug-likeness (QED) is 0.792. The lowest BCUT2D eigenvalue weighted by Gasteiger charge is -2.10. The summed E-state index contributed by atoms with van der Waals surface area (Å²) in [6.07, 6.45) is 0.542. The number of rotatable bonds is 3. The average molecular weight is 268 g/mol. The molecule has 1 atom stereocenters. The van der Waals surface area contributed by atoms with Crippen molar-refractivity contribution in [1.29, 1.82) is 0 Å². The molecule has 0 aliphatic rings.